The number of aliphatic hydroxyl groups is 1. The number of alkyl halides is 3. The van der Waals surface area contributed by atoms with Crippen LogP contribution in [-0.2, 0) is 22.7 Å². The second-order valence-corrected chi connectivity index (χ2v) is 8.90. The molecule has 2 unspecified atom stereocenters. The predicted octanol–water partition coefficient (Wildman–Crippen LogP) is 3.86. The van der Waals surface area contributed by atoms with Crippen molar-refractivity contribution in [3.63, 3.8) is 0 Å². The highest BCUT2D eigenvalue weighted by Gasteiger charge is 2.45. The van der Waals surface area contributed by atoms with Gasteiger partial charge in [-0.05, 0) is 35.7 Å². The smallest absolute Gasteiger partial charge is 0.416 e. The molecule has 208 valence electrons. The minimum absolute atomic E-state index is 0.0948. The Bertz CT molecular complexity index is 1350. The van der Waals surface area contributed by atoms with Crippen molar-refractivity contribution in [2.75, 3.05) is 5.32 Å². The van der Waals surface area contributed by atoms with E-state index in [1.807, 2.05) is 0 Å². The molecule has 0 fully saturated rings. The van der Waals surface area contributed by atoms with Gasteiger partial charge in [0.15, 0.2) is 6.10 Å². The zero-order valence-corrected chi connectivity index (χ0v) is 20.9. The first kappa shape index (κ1) is 29.3. The molecule has 0 aliphatic carbocycles. The fraction of sp³-hybridized carbons (Fsp3) is 0.308. The van der Waals surface area contributed by atoms with E-state index in [-0.39, 0.29) is 23.7 Å². The summed E-state index contributed by atoms with van der Waals surface area (Å²) in [5.74, 6) is -2.54. The monoisotopic (exact) mass is 550 g/mol. The summed E-state index contributed by atoms with van der Waals surface area (Å²) in [4.78, 5) is 42.5. The molecule has 3 rings (SSSR count). The summed E-state index contributed by atoms with van der Waals surface area (Å²) in [6, 6.07) is 11.8. The van der Waals surface area contributed by atoms with E-state index in [1.165, 1.54) is 26.0 Å². The van der Waals surface area contributed by atoms with Gasteiger partial charge >= 0.3 is 12.3 Å². The normalized spacial score (nSPS) is 13.0. The van der Waals surface area contributed by atoms with Gasteiger partial charge in [-0.25, -0.2) is 14.2 Å². The summed E-state index contributed by atoms with van der Waals surface area (Å²) >= 11 is 0. The first-order valence-corrected chi connectivity index (χ1v) is 11.7. The molecule has 0 radical (unpaired) electrons. The number of carbonyl (C=O) groups is 2. The first-order chi connectivity index (χ1) is 18.4. The van der Waals surface area contributed by atoms with Crippen molar-refractivity contribution in [1.29, 1.82) is 0 Å². The second kappa shape index (κ2) is 12.5. The van der Waals surface area contributed by atoms with Gasteiger partial charge in [0.05, 0.1) is 12.2 Å². The number of benzene rings is 2. The molecule has 0 spiro atoms. The molecular formula is C26H26F4N4O5. The van der Waals surface area contributed by atoms with Gasteiger partial charge < -0.3 is 15.2 Å². The van der Waals surface area contributed by atoms with Crippen LogP contribution in [0.3, 0.4) is 0 Å². The molecule has 2 aromatic carbocycles. The molecule has 9 nitrogen and oxygen atoms in total. The minimum Gasteiger partial charge on any atom is -0.444 e. The Morgan fingerprint density at radius 2 is 1.72 bits per heavy atom. The van der Waals surface area contributed by atoms with E-state index in [2.05, 4.69) is 15.6 Å². The topological polar surface area (TPSA) is 123 Å². The maximum absolute atomic E-state index is 13.5. The zero-order chi connectivity index (χ0) is 28.7. The van der Waals surface area contributed by atoms with Crippen molar-refractivity contribution >= 4 is 17.7 Å². The first-order valence-electron chi connectivity index (χ1n) is 11.7. The van der Waals surface area contributed by atoms with Gasteiger partial charge in [0.2, 0.25) is 5.91 Å². The molecule has 2 atom stereocenters. The number of ether oxygens (including phenoxy) is 1. The zero-order valence-electron chi connectivity index (χ0n) is 20.9. The molecule has 0 saturated heterocycles. The lowest BCUT2D eigenvalue weighted by Crippen LogP contribution is -2.53. The average molecular weight is 551 g/mol. The number of rotatable bonds is 9. The maximum Gasteiger partial charge on any atom is 0.416 e. The highest BCUT2D eigenvalue weighted by atomic mass is 19.4. The van der Waals surface area contributed by atoms with Gasteiger partial charge in [-0.15, -0.1) is 0 Å². The molecule has 2 amide bonds. The lowest BCUT2D eigenvalue weighted by molar-refractivity contribution is -0.215. The van der Waals surface area contributed by atoms with Crippen molar-refractivity contribution < 1.29 is 37.0 Å². The predicted molar refractivity (Wildman–Crippen MR) is 133 cm³/mol. The minimum atomic E-state index is -5.00. The van der Waals surface area contributed by atoms with E-state index in [9.17, 15) is 37.1 Å². The van der Waals surface area contributed by atoms with Crippen LogP contribution in [0.1, 0.15) is 19.4 Å². The Morgan fingerprint density at radius 3 is 2.31 bits per heavy atom. The number of nitrogens with zero attached hydrogens (tertiary/aromatic N) is 2. The Kier molecular flexibility index (Phi) is 9.41. The number of hydrogen-bond acceptors (Lipinski definition) is 6. The van der Waals surface area contributed by atoms with Crippen molar-refractivity contribution in [1.82, 2.24) is 14.9 Å². The van der Waals surface area contributed by atoms with Crippen LogP contribution >= 0.6 is 0 Å². The summed E-state index contributed by atoms with van der Waals surface area (Å²) in [5.41, 5.74) is -0.390. The summed E-state index contributed by atoms with van der Waals surface area (Å²) in [6.45, 7) is 1.84. The largest absolute Gasteiger partial charge is 0.444 e. The van der Waals surface area contributed by atoms with Crippen molar-refractivity contribution in [2.24, 2.45) is 5.92 Å². The third-order valence-electron chi connectivity index (χ3n) is 5.62. The number of carbonyl (C=O) groups excluding carboxylic acids is 2. The summed E-state index contributed by atoms with van der Waals surface area (Å²) in [6.07, 6.45) is -7.82. The Labute approximate surface area is 220 Å². The van der Waals surface area contributed by atoms with Crippen molar-refractivity contribution in [3.05, 3.63) is 82.5 Å². The average Bonchev–Trinajstić information content (AvgIpc) is 2.88. The SMILES string of the molecule is CC(C)C(NC(=O)Cn1c(-c2ccc(F)cc2)ncc(NC(=O)OCc2ccccc2)c1=O)C(O)C(F)(F)F. The summed E-state index contributed by atoms with van der Waals surface area (Å²) in [7, 11) is 0. The highest BCUT2D eigenvalue weighted by molar-refractivity contribution is 5.84. The second-order valence-electron chi connectivity index (χ2n) is 8.90. The van der Waals surface area contributed by atoms with E-state index < -0.39 is 54.2 Å². The number of anilines is 1. The van der Waals surface area contributed by atoms with Crippen LogP contribution in [0.2, 0.25) is 0 Å². The number of aromatic nitrogens is 2. The molecule has 39 heavy (non-hydrogen) atoms. The molecular weight excluding hydrogens is 524 g/mol. The van der Waals surface area contributed by atoms with Gasteiger partial charge in [0.25, 0.3) is 5.56 Å². The summed E-state index contributed by atoms with van der Waals surface area (Å²) < 4.78 is 58.7. The number of amides is 2. The van der Waals surface area contributed by atoms with Crippen LogP contribution in [0, 0.1) is 11.7 Å². The Hall–Kier alpha value is -4.26. The van der Waals surface area contributed by atoms with E-state index in [4.69, 9.17) is 4.74 Å². The van der Waals surface area contributed by atoms with E-state index >= 15 is 0 Å². The fourth-order valence-corrected chi connectivity index (χ4v) is 3.61. The molecule has 13 heteroatoms. The van der Waals surface area contributed by atoms with E-state index in [0.717, 1.165) is 22.9 Å². The number of halogens is 4. The molecule has 0 aliphatic heterocycles. The van der Waals surface area contributed by atoms with Crippen LogP contribution in [0.25, 0.3) is 11.4 Å². The fourth-order valence-electron chi connectivity index (χ4n) is 3.61. The van der Waals surface area contributed by atoms with Gasteiger partial charge in [-0.2, -0.15) is 13.2 Å². The quantitative estimate of drug-likeness (QED) is 0.348. The van der Waals surface area contributed by atoms with Gasteiger partial charge in [0, 0.05) is 5.56 Å². The van der Waals surface area contributed by atoms with Gasteiger partial charge in [0.1, 0.15) is 30.5 Å². The number of nitrogens with one attached hydrogen (secondary N) is 2. The van der Waals surface area contributed by atoms with E-state index in [0.29, 0.717) is 5.56 Å². The molecule has 0 aliphatic rings. The van der Waals surface area contributed by atoms with Crippen LogP contribution in [0.15, 0.2) is 65.6 Å². The molecule has 3 N–H and O–H groups in total. The lowest BCUT2D eigenvalue weighted by Gasteiger charge is -2.29. The highest BCUT2D eigenvalue weighted by Crippen LogP contribution is 2.25. The Morgan fingerprint density at radius 1 is 1.08 bits per heavy atom. The van der Waals surface area contributed by atoms with Gasteiger partial charge in [-0.3, -0.25) is 19.5 Å². The van der Waals surface area contributed by atoms with Crippen LogP contribution in [0.5, 0.6) is 0 Å². The third-order valence-corrected chi connectivity index (χ3v) is 5.62. The molecule has 1 aromatic heterocycles. The van der Waals surface area contributed by atoms with Crippen molar-refractivity contribution in [2.45, 2.75) is 45.3 Å². The Balaban J connectivity index is 1.89. The third kappa shape index (κ3) is 7.87. The standard InChI is InChI=1S/C26H26F4N4O5/c1-15(2)21(22(36)26(28,29)30)33-20(35)13-34-23(17-8-10-18(27)11-9-17)31-12-19(24(34)37)32-25(38)39-14-16-6-4-3-5-7-16/h3-12,15,21-22,36H,13-14H2,1-2H3,(H,32,38)(H,33,35). The molecule has 0 saturated carbocycles. The van der Waals surface area contributed by atoms with Crippen molar-refractivity contribution in [3.8, 4) is 11.4 Å². The summed E-state index contributed by atoms with van der Waals surface area (Å²) in [5, 5.41) is 14.1. The van der Waals surface area contributed by atoms with Crippen LogP contribution in [-0.4, -0.2) is 45.0 Å². The van der Waals surface area contributed by atoms with Crippen LogP contribution in [0.4, 0.5) is 28.0 Å². The van der Waals surface area contributed by atoms with Crippen LogP contribution < -0.4 is 16.2 Å². The van der Waals surface area contributed by atoms with E-state index in [1.54, 1.807) is 30.3 Å². The van der Waals surface area contributed by atoms with Gasteiger partial charge in [-0.1, -0.05) is 44.2 Å². The lowest BCUT2D eigenvalue weighted by atomic mass is 9.98. The molecule has 3 aromatic rings. The maximum atomic E-state index is 13.5. The number of hydrogen-bond donors (Lipinski definition) is 3. The number of aliphatic hydroxyl groups excluding tert-OH is 1. The molecule has 0 bridgehead atoms. The molecule has 1 heterocycles.